The molecule has 1 aliphatic carbocycles. The van der Waals surface area contributed by atoms with Gasteiger partial charge in [-0.15, -0.1) is 0 Å². The quantitative estimate of drug-likeness (QED) is 0.820. The number of carboxylic acid groups (broad SMARTS) is 2. The van der Waals surface area contributed by atoms with E-state index in [0.717, 1.165) is 11.1 Å². The van der Waals surface area contributed by atoms with Crippen molar-refractivity contribution in [3.63, 3.8) is 0 Å². The highest BCUT2D eigenvalue weighted by molar-refractivity contribution is 5.92. The highest BCUT2D eigenvalue weighted by Gasteiger charge is 2.47. The molecule has 0 aromatic rings. The van der Waals surface area contributed by atoms with Crippen molar-refractivity contribution in [3.05, 3.63) is 22.8 Å². The lowest BCUT2D eigenvalue weighted by Gasteiger charge is -2.38. The molecule has 1 aliphatic rings. The number of allylic oxidation sites excluding steroid dienone is 2. The lowest BCUT2D eigenvalue weighted by Crippen LogP contribution is -2.41. The Bertz CT molecular complexity index is 469. The van der Waals surface area contributed by atoms with Gasteiger partial charge in [0.1, 0.15) is 0 Å². The van der Waals surface area contributed by atoms with Gasteiger partial charge in [0.2, 0.25) is 0 Å². The maximum atomic E-state index is 11.7. The van der Waals surface area contributed by atoms with Crippen LogP contribution in [0, 0.1) is 17.3 Å². The molecular weight excluding hydrogens is 244 g/mol. The van der Waals surface area contributed by atoms with Crippen molar-refractivity contribution in [2.45, 2.75) is 41.0 Å². The Labute approximate surface area is 113 Å². The van der Waals surface area contributed by atoms with E-state index in [9.17, 15) is 19.8 Å². The Morgan fingerprint density at radius 2 is 1.74 bits per heavy atom. The molecule has 0 amide bonds. The Hall–Kier alpha value is -1.58. The van der Waals surface area contributed by atoms with Crippen molar-refractivity contribution in [1.29, 1.82) is 0 Å². The molecule has 2 N–H and O–H groups in total. The average Bonchev–Trinajstić information content (AvgIpc) is 2.26. The summed E-state index contributed by atoms with van der Waals surface area (Å²) in [5.41, 5.74) is 0.606. The van der Waals surface area contributed by atoms with Crippen LogP contribution in [0.3, 0.4) is 0 Å². The monoisotopic (exact) mass is 266 g/mol. The van der Waals surface area contributed by atoms with Crippen LogP contribution in [-0.2, 0) is 9.59 Å². The number of hydrogen-bond acceptors (Lipinski definition) is 2. The van der Waals surface area contributed by atoms with Gasteiger partial charge >= 0.3 is 11.9 Å². The van der Waals surface area contributed by atoms with Crippen molar-refractivity contribution < 1.29 is 19.8 Å². The maximum absolute atomic E-state index is 11.7. The number of carboxylic acids is 2. The summed E-state index contributed by atoms with van der Waals surface area (Å²) in [6.07, 6.45) is 1.82. The van der Waals surface area contributed by atoms with Crippen molar-refractivity contribution in [2.24, 2.45) is 17.3 Å². The molecule has 0 aromatic carbocycles. The van der Waals surface area contributed by atoms with E-state index in [4.69, 9.17) is 0 Å². The Morgan fingerprint density at radius 1 is 1.21 bits per heavy atom. The van der Waals surface area contributed by atoms with Crippen LogP contribution in [0.2, 0.25) is 0 Å². The highest BCUT2D eigenvalue weighted by Crippen LogP contribution is 2.47. The number of hydrogen-bond donors (Lipinski definition) is 2. The van der Waals surface area contributed by atoms with E-state index in [1.807, 2.05) is 27.7 Å². The first kappa shape index (κ1) is 15.5. The van der Waals surface area contributed by atoms with Crippen molar-refractivity contribution in [2.75, 3.05) is 0 Å². The fourth-order valence-corrected chi connectivity index (χ4v) is 2.83. The van der Waals surface area contributed by atoms with Gasteiger partial charge in [0.25, 0.3) is 0 Å². The average molecular weight is 266 g/mol. The summed E-state index contributed by atoms with van der Waals surface area (Å²) in [4.78, 5) is 23.1. The van der Waals surface area contributed by atoms with Crippen LogP contribution in [0.1, 0.15) is 41.0 Å². The largest absolute Gasteiger partial charge is 0.481 e. The molecule has 0 saturated carbocycles. The molecule has 0 aromatic heterocycles. The zero-order valence-electron chi connectivity index (χ0n) is 12.2. The van der Waals surface area contributed by atoms with Gasteiger partial charge in [-0.1, -0.05) is 39.3 Å². The van der Waals surface area contributed by atoms with Gasteiger partial charge in [-0.3, -0.25) is 4.79 Å². The number of aliphatic carboxylic acids is 2. The van der Waals surface area contributed by atoms with E-state index in [1.165, 1.54) is 0 Å². The van der Waals surface area contributed by atoms with Gasteiger partial charge in [0.05, 0.1) is 5.41 Å². The van der Waals surface area contributed by atoms with Crippen LogP contribution in [0.5, 0.6) is 0 Å². The Morgan fingerprint density at radius 3 is 2.05 bits per heavy atom. The molecule has 1 atom stereocenters. The molecule has 19 heavy (non-hydrogen) atoms. The molecule has 1 rings (SSSR count). The fourth-order valence-electron chi connectivity index (χ4n) is 2.83. The predicted molar refractivity (Wildman–Crippen MR) is 72.8 cm³/mol. The van der Waals surface area contributed by atoms with Crippen molar-refractivity contribution in [3.8, 4) is 0 Å². The molecule has 4 heteroatoms. The normalized spacial score (nSPS) is 23.8. The predicted octanol–water partition coefficient (Wildman–Crippen LogP) is 3.10. The maximum Gasteiger partial charge on any atom is 0.331 e. The molecule has 0 saturated heterocycles. The van der Waals surface area contributed by atoms with Gasteiger partial charge < -0.3 is 10.2 Å². The fraction of sp³-hybridized carbons (Fsp3) is 0.600. The summed E-state index contributed by atoms with van der Waals surface area (Å²) in [6.45, 7) is 9.28. The minimum absolute atomic E-state index is 0.0607. The van der Waals surface area contributed by atoms with E-state index in [2.05, 4.69) is 0 Å². The van der Waals surface area contributed by atoms with Gasteiger partial charge in [0.15, 0.2) is 0 Å². The smallest absolute Gasteiger partial charge is 0.331 e. The summed E-state index contributed by atoms with van der Waals surface area (Å²) >= 11 is 0. The Balaban J connectivity index is 3.47. The summed E-state index contributed by atoms with van der Waals surface area (Å²) < 4.78 is 0. The summed E-state index contributed by atoms with van der Waals surface area (Å²) in [5.74, 6) is -2.05. The molecule has 0 fully saturated rings. The zero-order valence-corrected chi connectivity index (χ0v) is 12.2. The molecular formula is C15H22O4. The lowest BCUT2D eigenvalue weighted by molar-refractivity contribution is -0.149. The molecule has 0 spiro atoms. The second-order valence-corrected chi connectivity index (χ2v) is 5.83. The summed E-state index contributed by atoms with van der Waals surface area (Å²) in [5, 5.41) is 19.0. The third-order valence-corrected chi connectivity index (χ3v) is 4.13. The van der Waals surface area contributed by atoms with Crippen molar-refractivity contribution >= 4 is 11.9 Å². The summed E-state index contributed by atoms with van der Waals surface area (Å²) in [7, 11) is 0. The topological polar surface area (TPSA) is 74.6 Å². The van der Waals surface area contributed by atoms with E-state index in [0.29, 0.717) is 0 Å². The van der Waals surface area contributed by atoms with Crippen LogP contribution < -0.4 is 0 Å². The zero-order chi connectivity index (χ0) is 15.0. The van der Waals surface area contributed by atoms with Crippen LogP contribution in [0.4, 0.5) is 0 Å². The first-order chi connectivity index (χ1) is 8.64. The van der Waals surface area contributed by atoms with E-state index in [-0.39, 0.29) is 23.8 Å². The SMILES string of the molecule is CC1=CC(C(C)C)=C(C(=O)O)CC1(C(=O)O)C(C)C. The van der Waals surface area contributed by atoms with Gasteiger partial charge in [-0.25, -0.2) is 4.79 Å². The second kappa shape index (κ2) is 5.19. The molecule has 0 heterocycles. The van der Waals surface area contributed by atoms with Gasteiger partial charge in [-0.05, 0) is 30.8 Å². The van der Waals surface area contributed by atoms with E-state index < -0.39 is 17.4 Å². The summed E-state index contributed by atoms with van der Waals surface area (Å²) in [6, 6.07) is 0. The van der Waals surface area contributed by atoms with Crippen LogP contribution in [0.15, 0.2) is 22.8 Å². The molecule has 106 valence electrons. The first-order valence-electron chi connectivity index (χ1n) is 6.53. The standard InChI is InChI=1S/C15H22O4/c1-8(2)11-6-10(5)15(9(3)4,14(18)19)7-12(11)13(16)17/h6,8-9H,7H2,1-5H3,(H,16,17)(H,18,19). The third kappa shape index (κ3) is 2.44. The van der Waals surface area contributed by atoms with E-state index in [1.54, 1.807) is 13.0 Å². The molecule has 4 nitrogen and oxygen atoms in total. The van der Waals surface area contributed by atoms with Crippen LogP contribution in [0.25, 0.3) is 0 Å². The van der Waals surface area contributed by atoms with Crippen LogP contribution >= 0.6 is 0 Å². The van der Waals surface area contributed by atoms with Crippen LogP contribution in [-0.4, -0.2) is 22.2 Å². The minimum atomic E-state index is -1.11. The highest BCUT2D eigenvalue weighted by atomic mass is 16.4. The third-order valence-electron chi connectivity index (χ3n) is 4.13. The Kier molecular flexibility index (Phi) is 4.23. The number of carbonyl (C=O) groups is 2. The lowest BCUT2D eigenvalue weighted by atomic mass is 9.63. The van der Waals surface area contributed by atoms with Gasteiger partial charge in [-0.2, -0.15) is 0 Å². The first-order valence-corrected chi connectivity index (χ1v) is 6.53. The molecule has 0 bridgehead atoms. The van der Waals surface area contributed by atoms with E-state index >= 15 is 0 Å². The molecule has 0 radical (unpaired) electrons. The molecule has 0 aliphatic heterocycles. The second-order valence-electron chi connectivity index (χ2n) is 5.83. The number of rotatable bonds is 4. The molecule has 1 unspecified atom stereocenters. The van der Waals surface area contributed by atoms with Gasteiger partial charge in [0, 0.05) is 5.57 Å². The van der Waals surface area contributed by atoms with Crippen molar-refractivity contribution in [1.82, 2.24) is 0 Å². The minimum Gasteiger partial charge on any atom is -0.481 e.